The van der Waals surface area contributed by atoms with E-state index in [1.54, 1.807) is 12.4 Å². The van der Waals surface area contributed by atoms with Crippen molar-refractivity contribution in [3.8, 4) is 17.2 Å². The number of amides is 1. The van der Waals surface area contributed by atoms with E-state index in [-0.39, 0.29) is 19.3 Å². The first kappa shape index (κ1) is 22.0. The fourth-order valence-corrected chi connectivity index (χ4v) is 3.44. The Morgan fingerprint density at radius 3 is 2.35 bits per heavy atom. The summed E-state index contributed by atoms with van der Waals surface area (Å²) in [7, 11) is 0. The molecule has 0 saturated carbocycles. The van der Waals surface area contributed by atoms with Crippen LogP contribution in [-0.4, -0.2) is 22.1 Å². The SMILES string of the molecule is CC(F)(F)F.N#CC1(Cc2cncnc2)C(=O)NCc2ccc(-c3ccccc3)cc21. The predicted octanol–water partition coefficient (Wildman–Crippen LogP) is 4.35. The maximum atomic E-state index is 12.8. The molecule has 0 radical (unpaired) electrons. The fraction of sp³-hybridized carbons (Fsp3) is 0.217. The minimum Gasteiger partial charge on any atom is -0.350 e. The molecule has 3 aromatic rings. The van der Waals surface area contributed by atoms with Crippen molar-refractivity contribution in [2.24, 2.45) is 0 Å². The van der Waals surface area contributed by atoms with Crippen molar-refractivity contribution in [2.75, 3.05) is 0 Å². The molecule has 1 aliphatic heterocycles. The predicted molar refractivity (Wildman–Crippen MR) is 108 cm³/mol. The number of carbonyl (C=O) groups excluding carboxylic acids is 1. The van der Waals surface area contributed by atoms with Gasteiger partial charge in [-0.05, 0) is 33.9 Å². The van der Waals surface area contributed by atoms with Gasteiger partial charge in [0.1, 0.15) is 6.33 Å². The number of rotatable bonds is 3. The fourth-order valence-electron chi connectivity index (χ4n) is 3.44. The highest BCUT2D eigenvalue weighted by Gasteiger charge is 2.45. The lowest BCUT2D eigenvalue weighted by Gasteiger charge is -2.33. The molecule has 0 bridgehead atoms. The number of hydrogen-bond acceptors (Lipinski definition) is 4. The number of halogens is 3. The summed E-state index contributed by atoms with van der Waals surface area (Å²) in [6.45, 7) is 0.616. The van der Waals surface area contributed by atoms with Gasteiger partial charge in [-0.3, -0.25) is 4.79 Å². The Kier molecular flexibility index (Phi) is 6.35. The minimum absolute atomic E-state index is 0.188. The zero-order valence-electron chi connectivity index (χ0n) is 16.6. The van der Waals surface area contributed by atoms with Crippen LogP contribution in [0.5, 0.6) is 0 Å². The Bertz CT molecular complexity index is 1090. The van der Waals surface area contributed by atoms with Crippen LogP contribution in [0, 0.1) is 11.3 Å². The summed E-state index contributed by atoms with van der Waals surface area (Å²) >= 11 is 0. The van der Waals surface area contributed by atoms with E-state index in [1.165, 1.54) is 6.33 Å². The lowest BCUT2D eigenvalue weighted by atomic mass is 9.72. The molecule has 2 heterocycles. The van der Waals surface area contributed by atoms with E-state index in [2.05, 4.69) is 21.4 Å². The molecule has 4 rings (SSSR count). The van der Waals surface area contributed by atoms with E-state index in [0.717, 1.165) is 27.8 Å². The molecule has 5 nitrogen and oxygen atoms in total. The van der Waals surface area contributed by atoms with Gasteiger partial charge in [0.2, 0.25) is 5.91 Å². The third kappa shape index (κ3) is 5.25. The van der Waals surface area contributed by atoms with Crippen LogP contribution in [0.2, 0.25) is 0 Å². The van der Waals surface area contributed by atoms with Gasteiger partial charge in [-0.2, -0.15) is 18.4 Å². The van der Waals surface area contributed by atoms with Crippen molar-refractivity contribution in [1.29, 1.82) is 5.26 Å². The van der Waals surface area contributed by atoms with Crippen LogP contribution in [0.1, 0.15) is 23.6 Å². The van der Waals surface area contributed by atoms with Crippen molar-refractivity contribution in [3.05, 3.63) is 83.9 Å². The maximum Gasteiger partial charge on any atom is 0.386 e. The molecule has 1 atom stereocenters. The standard InChI is InChI=1S/C21H16N4O.C2H3F3/c22-13-21(9-15-10-23-14-24-11-15)19-8-17(16-4-2-1-3-5-16)6-7-18(19)12-25-20(21)26;1-2(3,4)5/h1-8,10-11,14H,9,12H2,(H,25,26);1H3. The van der Waals surface area contributed by atoms with Crippen LogP contribution in [0.15, 0.2) is 67.3 Å². The molecule has 1 unspecified atom stereocenters. The average Bonchev–Trinajstić information content (AvgIpc) is 2.76. The lowest BCUT2D eigenvalue weighted by molar-refractivity contribution is -0.125. The largest absolute Gasteiger partial charge is 0.386 e. The molecule has 1 aliphatic rings. The molecular formula is C23H19F3N4O. The lowest BCUT2D eigenvalue weighted by Crippen LogP contribution is -2.49. The monoisotopic (exact) mass is 424 g/mol. The highest BCUT2D eigenvalue weighted by Crippen LogP contribution is 2.36. The highest BCUT2D eigenvalue weighted by molar-refractivity contribution is 5.94. The van der Waals surface area contributed by atoms with Crippen molar-refractivity contribution < 1.29 is 18.0 Å². The van der Waals surface area contributed by atoms with E-state index in [1.807, 2.05) is 48.5 Å². The van der Waals surface area contributed by atoms with E-state index in [4.69, 9.17) is 0 Å². The minimum atomic E-state index is -4.00. The summed E-state index contributed by atoms with van der Waals surface area (Å²) in [5, 5.41) is 12.9. The van der Waals surface area contributed by atoms with Gasteiger partial charge in [-0.1, -0.05) is 42.5 Å². The summed E-state index contributed by atoms with van der Waals surface area (Å²) in [6, 6.07) is 18.2. The number of nitrogens with zero attached hydrogens (tertiary/aromatic N) is 3. The van der Waals surface area contributed by atoms with Crippen LogP contribution < -0.4 is 5.32 Å². The third-order valence-electron chi connectivity index (χ3n) is 4.78. The normalized spacial score (nSPS) is 17.5. The van der Waals surface area contributed by atoms with E-state index in [9.17, 15) is 23.2 Å². The molecule has 8 heteroatoms. The summed E-state index contributed by atoms with van der Waals surface area (Å²) < 4.78 is 31.1. The molecule has 0 fully saturated rings. The Morgan fingerprint density at radius 2 is 1.74 bits per heavy atom. The van der Waals surface area contributed by atoms with Crippen molar-refractivity contribution >= 4 is 5.91 Å². The zero-order valence-corrected chi connectivity index (χ0v) is 16.6. The summed E-state index contributed by atoms with van der Waals surface area (Å²) in [5.74, 6) is -0.276. The van der Waals surface area contributed by atoms with Crippen LogP contribution in [0.3, 0.4) is 0 Å². The van der Waals surface area contributed by atoms with Gasteiger partial charge in [0.25, 0.3) is 0 Å². The summed E-state index contributed by atoms with van der Waals surface area (Å²) in [6.07, 6.45) is 0.968. The molecular weight excluding hydrogens is 405 g/mol. The van der Waals surface area contributed by atoms with Crippen molar-refractivity contribution in [3.63, 3.8) is 0 Å². The van der Waals surface area contributed by atoms with E-state index in [0.29, 0.717) is 6.54 Å². The van der Waals surface area contributed by atoms with Crippen molar-refractivity contribution in [1.82, 2.24) is 15.3 Å². The van der Waals surface area contributed by atoms with Gasteiger partial charge in [0.05, 0.1) is 6.07 Å². The quantitative estimate of drug-likeness (QED) is 0.678. The summed E-state index contributed by atoms with van der Waals surface area (Å²) in [5.41, 5.74) is 3.22. The maximum absolute atomic E-state index is 12.8. The molecule has 31 heavy (non-hydrogen) atoms. The Balaban J connectivity index is 0.000000491. The van der Waals surface area contributed by atoms with Gasteiger partial charge < -0.3 is 5.32 Å². The van der Waals surface area contributed by atoms with Crippen LogP contribution in [-0.2, 0) is 23.2 Å². The van der Waals surface area contributed by atoms with Gasteiger partial charge in [0.15, 0.2) is 5.41 Å². The zero-order chi connectivity index (χ0) is 22.5. The number of nitriles is 1. The number of aromatic nitrogens is 2. The molecule has 0 aliphatic carbocycles. The van der Waals surface area contributed by atoms with Crippen LogP contribution >= 0.6 is 0 Å². The molecule has 0 saturated heterocycles. The van der Waals surface area contributed by atoms with E-state index < -0.39 is 11.6 Å². The van der Waals surface area contributed by atoms with Crippen molar-refractivity contribution in [2.45, 2.75) is 31.5 Å². The first-order valence-electron chi connectivity index (χ1n) is 9.42. The number of carbonyl (C=O) groups is 1. The molecule has 1 aromatic heterocycles. The third-order valence-corrected chi connectivity index (χ3v) is 4.78. The van der Waals surface area contributed by atoms with Gasteiger partial charge in [-0.25, -0.2) is 9.97 Å². The molecule has 1 N–H and O–H groups in total. The first-order valence-corrected chi connectivity index (χ1v) is 9.42. The second-order valence-electron chi connectivity index (χ2n) is 7.14. The molecule has 0 spiro atoms. The second-order valence-corrected chi connectivity index (χ2v) is 7.14. The number of fused-ring (bicyclic) bond motifs is 1. The summed E-state index contributed by atoms with van der Waals surface area (Å²) in [4.78, 5) is 20.8. The Morgan fingerprint density at radius 1 is 1.10 bits per heavy atom. The van der Waals surface area contributed by atoms with Crippen LogP contribution in [0.4, 0.5) is 13.2 Å². The topological polar surface area (TPSA) is 78.7 Å². The highest BCUT2D eigenvalue weighted by atomic mass is 19.4. The average molecular weight is 424 g/mol. The molecule has 1 amide bonds. The number of alkyl halides is 3. The van der Waals surface area contributed by atoms with Crippen LogP contribution in [0.25, 0.3) is 11.1 Å². The first-order chi connectivity index (χ1) is 14.7. The van der Waals surface area contributed by atoms with Gasteiger partial charge in [-0.15, -0.1) is 0 Å². The molecule has 158 valence electrons. The number of hydrogen-bond donors (Lipinski definition) is 1. The Labute approximate surface area is 177 Å². The van der Waals surface area contributed by atoms with E-state index >= 15 is 0 Å². The van der Waals surface area contributed by atoms with Gasteiger partial charge in [0, 0.05) is 32.3 Å². The Hall–Kier alpha value is -3.73. The number of benzene rings is 2. The second kappa shape index (κ2) is 8.96. The smallest absolute Gasteiger partial charge is 0.350 e. The van der Waals surface area contributed by atoms with Gasteiger partial charge >= 0.3 is 6.18 Å². The number of nitrogens with one attached hydrogen (secondary N) is 1. The molecule has 2 aromatic carbocycles.